The Morgan fingerprint density at radius 3 is 2.15 bits per heavy atom. The fourth-order valence-electron chi connectivity index (χ4n) is 1.90. The van der Waals surface area contributed by atoms with E-state index in [2.05, 4.69) is 30.9 Å². The molecular weight excluding hydrogens is 325 g/mol. The zero-order valence-electron chi connectivity index (χ0n) is 10.4. The highest BCUT2D eigenvalue weighted by atomic mass is 79.9. The quantitative estimate of drug-likeness (QED) is 0.844. The van der Waals surface area contributed by atoms with Crippen molar-refractivity contribution in [2.45, 2.75) is 0 Å². The summed E-state index contributed by atoms with van der Waals surface area (Å²) in [6.45, 7) is 1.50. The predicted octanol–water partition coefficient (Wildman–Crippen LogP) is 2.57. The SMILES string of the molecule is Fc1ccc(N2C=CN(c3cnc(Br)cn3)CC2)nc1. The number of nitrogens with zero attached hydrogens (tertiary/aromatic N) is 5. The van der Waals surface area contributed by atoms with Gasteiger partial charge in [-0.15, -0.1) is 0 Å². The third kappa shape index (κ3) is 2.77. The topological polar surface area (TPSA) is 45.2 Å². The zero-order valence-corrected chi connectivity index (χ0v) is 12.0. The summed E-state index contributed by atoms with van der Waals surface area (Å²) in [5, 5.41) is 0. The normalized spacial score (nSPS) is 14.7. The van der Waals surface area contributed by atoms with Crippen LogP contribution in [0.4, 0.5) is 16.0 Å². The number of anilines is 2. The summed E-state index contributed by atoms with van der Waals surface area (Å²) in [6, 6.07) is 3.07. The van der Waals surface area contributed by atoms with Crippen molar-refractivity contribution >= 4 is 27.6 Å². The summed E-state index contributed by atoms with van der Waals surface area (Å²) >= 11 is 3.26. The van der Waals surface area contributed by atoms with E-state index in [-0.39, 0.29) is 5.82 Å². The van der Waals surface area contributed by atoms with Gasteiger partial charge in [-0.05, 0) is 28.1 Å². The molecule has 0 unspecified atom stereocenters. The van der Waals surface area contributed by atoms with E-state index in [9.17, 15) is 4.39 Å². The minimum atomic E-state index is -0.332. The van der Waals surface area contributed by atoms with Crippen molar-refractivity contribution < 1.29 is 4.39 Å². The van der Waals surface area contributed by atoms with Gasteiger partial charge in [0, 0.05) is 25.5 Å². The molecule has 0 spiro atoms. The van der Waals surface area contributed by atoms with Crippen LogP contribution in [0.3, 0.4) is 0 Å². The average molecular weight is 336 g/mol. The van der Waals surface area contributed by atoms with E-state index in [1.165, 1.54) is 12.3 Å². The maximum Gasteiger partial charge on any atom is 0.151 e. The maximum absolute atomic E-state index is 12.8. The molecule has 1 aliphatic rings. The molecule has 0 saturated carbocycles. The second kappa shape index (κ2) is 5.54. The second-order valence-corrected chi connectivity index (χ2v) is 5.03. The van der Waals surface area contributed by atoms with Crippen LogP contribution in [-0.2, 0) is 0 Å². The van der Waals surface area contributed by atoms with Gasteiger partial charge in [-0.2, -0.15) is 0 Å². The molecule has 0 atom stereocenters. The molecule has 0 fully saturated rings. The third-order valence-corrected chi connectivity index (χ3v) is 3.32. The summed E-state index contributed by atoms with van der Waals surface area (Å²) in [7, 11) is 0. The number of rotatable bonds is 2. The summed E-state index contributed by atoms with van der Waals surface area (Å²) < 4.78 is 13.6. The van der Waals surface area contributed by atoms with Crippen LogP contribution in [0.25, 0.3) is 0 Å². The smallest absolute Gasteiger partial charge is 0.151 e. The van der Waals surface area contributed by atoms with Crippen molar-refractivity contribution in [2.24, 2.45) is 0 Å². The molecule has 20 heavy (non-hydrogen) atoms. The van der Waals surface area contributed by atoms with Gasteiger partial charge in [0.1, 0.15) is 16.2 Å². The van der Waals surface area contributed by atoms with Gasteiger partial charge in [0.05, 0.1) is 18.6 Å². The number of halogens is 2. The number of pyridine rings is 1. The lowest BCUT2D eigenvalue weighted by Crippen LogP contribution is -2.35. The van der Waals surface area contributed by atoms with Crippen LogP contribution in [0, 0.1) is 5.82 Å². The Hall–Kier alpha value is -2.02. The average Bonchev–Trinajstić information content (AvgIpc) is 2.49. The van der Waals surface area contributed by atoms with E-state index in [4.69, 9.17) is 0 Å². The summed E-state index contributed by atoms with van der Waals surface area (Å²) in [5.41, 5.74) is 0. The Bertz CT molecular complexity index is 558. The Balaban J connectivity index is 1.74. The molecule has 2 aromatic heterocycles. The number of hydrogen-bond donors (Lipinski definition) is 0. The molecule has 3 heterocycles. The van der Waals surface area contributed by atoms with Gasteiger partial charge in [0.2, 0.25) is 0 Å². The Morgan fingerprint density at radius 1 is 0.900 bits per heavy atom. The Kier molecular flexibility index (Phi) is 3.60. The standard InChI is InChI=1S/C13H11BrFN5/c14-11-8-18-13(9-16-11)20-5-3-19(4-6-20)12-2-1-10(15)7-17-12/h1-3,5,7-9H,4,6H2. The van der Waals surface area contributed by atoms with Crippen molar-refractivity contribution in [3.05, 3.63) is 53.5 Å². The van der Waals surface area contributed by atoms with Gasteiger partial charge in [0.15, 0.2) is 5.82 Å². The molecule has 0 aromatic carbocycles. The van der Waals surface area contributed by atoms with Gasteiger partial charge in [-0.25, -0.2) is 19.3 Å². The third-order valence-electron chi connectivity index (χ3n) is 2.92. The van der Waals surface area contributed by atoms with Gasteiger partial charge in [-0.1, -0.05) is 0 Å². The summed E-state index contributed by atoms with van der Waals surface area (Å²) in [5.74, 6) is 1.18. The molecule has 7 heteroatoms. The van der Waals surface area contributed by atoms with Crippen LogP contribution < -0.4 is 9.80 Å². The molecule has 0 radical (unpaired) electrons. The number of aromatic nitrogens is 3. The van der Waals surface area contributed by atoms with Crippen molar-refractivity contribution in [1.82, 2.24) is 15.0 Å². The van der Waals surface area contributed by atoms with E-state index in [1.807, 2.05) is 22.2 Å². The fraction of sp³-hybridized carbons (Fsp3) is 0.154. The molecule has 0 N–H and O–H groups in total. The highest BCUT2D eigenvalue weighted by Gasteiger charge is 2.14. The molecule has 1 aliphatic heterocycles. The predicted molar refractivity (Wildman–Crippen MR) is 77.8 cm³/mol. The molecular formula is C13H11BrFN5. The van der Waals surface area contributed by atoms with Gasteiger partial charge in [0.25, 0.3) is 0 Å². The minimum absolute atomic E-state index is 0.332. The molecule has 3 rings (SSSR count). The summed E-state index contributed by atoms with van der Waals surface area (Å²) in [4.78, 5) is 16.5. The van der Waals surface area contributed by atoms with Crippen molar-refractivity contribution in [3.8, 4) is 0 Å². The Labute approximate surface area is 123 Å². The van der Waals surface area contributed by atoms with E-state index < -0.39 is 0 Å². The highest BCUT2D eigenvalue weighted by Crippen LogP contribution is 2.18. The van der Waals surface area contributed by atoms with Crippen LogP contribution >= 0.6 is 15.9 Å². The van der Waals surface area contributed by atoms with Crippen LogP contribution in [0.1, 0.15) is 0 Å². The van der Waals surface area contributed by atoms with Gasteiger partial charge >= 0.3 is 0 Å². The molecule has 2 aromatic rings. The zero-order chi connectivity index (χ0) is 13.9. The lowest BCUT2D eigenvalue weighted by atomic mass is 10.3. The minimum Gasteiger partial charge on any atom is -0.330 e. The summed E-state index contributed by atoms with van der Waals surface area (Å²) in [6.07, 6.45) is 8.40. The van der Waals surface area contributed by atoms with Crippen LogP contribution in [0.5, 0.6) is 0 Å². The first kappa shape index (κ1) is 13.0. The monoisotopic (exact) mass is 335 g/mol. The highest BCUT2D eigenvalue weighted by molar-refractivity contribution is 9.10. The first-order valence-electron chi connectivity index (χ1n) is 6.03. The van der Waals surface area contributed by atoms with Crippen LogP contribution in [-0.4, -0.2) is 28.0 Å². The first-order valence-corrected chi connectivity index (χ1v) is 6.82. The second-order valence-electron chi connectivity index (χ2n) is 4.22. The molecule has 0 saturated heterocycles. The molecule has 5 nitrogen and oxygen atoms in total. The lowest BCUT2D eigenvalue weighted by Gasteiger charge is -2.29. The Morgan fingerprint density at radius 2 is 1.60 bits per heavy atom. The van der Waals surface area contributed by atoms with Crippen LogP contribution in [0.15, 0.2) is 47.7 Å². The molecule has 0 aliphatic carbocycles. The molecule has 102 valence electrons. The van der Waals surface area contributed by atoms with E-state index in [1.54, 1.807) is 18.5 Å². The number of hydrogen-bond acceptors (Lipinski definition) is 5. The van der Waals surface area contributed by atoms with Crippen molar-refractivity contribution in [1.29, 1.82) is 0 Å². The lowest BCUT2D eigenvalue weighted by molar-refractivity contribution is 0.621. The van der Waals surface area contributed by atoms with E-state index in [0.29, 0.717) is 4.60 Å². The van der Waals surface area contributed by atoms with E-state index >= 15 is 0 Å². The van der Waals surface area contributed by atoms with Gasteiger partial charge < -0.3 is 9.80 Å². The van der Waals surface area contributed by atoms with Crippen molar-refractivity contribution in [3.63, 3.8) is 0 Å². The molecule has 0 bridgehead atoms. The first-order chi connectivity index (χ1) is 9.72. The van der Waals surface area contributed by atoms with E-state index in [0.717, 1.165) is 24.7 Å². The maximum atomic E-state index is 12.8. The molecule has 0 amide bonds. The largest absolute Gasteiger partial charge is 0.330 e. The van der Waals surface area contributed by atoms with Crippen molar-refractivity contribution in [2.75, 3.05) is 22.9 Å². The van der Waals surface area contributed by atoms with Crippen LogP contribution in [0.2, 0.25) is 0 Å². The van der Waals surface area contributed by atoms with Gasteiger partial charge in [-0.3, -0.25) is 0 Å². The fourth-order valence-corrected chi connectivity index (χ4v) is 2.10.